The van der Waals surface area contributed by atoms with Gasteiger partial charge in [0.05, 0.1) is 18.5 Å². The molecule has 2 aromatic carbocycles. The fourth-order valence-electron chi connectivity index (χ4n) is 3.01. The Balaban J connectivity index is 1.97. The predicted octanol–water partition coefficient (Wildman–Crippen LogP) is 3.93. The molecule has 0 spiro atoms. The van der Waals surface area contributed by atoms with Crippen LogP contribution in [0.25, 0.3) is 16.9 Å². The molecule has 1 aromatic heterocycles. The van der Waals surface area contributed by atoms with Gasteiger partial charge in [-0.2, -0.15) is 5.10 Å². The van der Waals surface area contributed by atoms with Gasteiger partial charge in [-0.15, -0.1) is 0 Å². The minimum Gasteiger partial charge on any atom is -0.497 e. The first-order chi connectivity index (χ1) is 14.0. The number of ether oxygens (including phenoxy) is 2. The SMILES string of the molecule is COCCCNC(=O)c1cc(-c2ccc(C)c(C)c2)nn1-c1ccc(OC)cc1. The van der Waals surface area contributed by atoms with E-state index in [4.69, 9.17) is 14.6 Å². The van der Waals surface area contributed by atoms with Crippen LogP contribution in [0, 0.1) is 13.8 Å². The Morgan fingerprint density at radius 1 is 1.03 bits per heavy atom. The number of carbonyl (C=O) groups excluding carboxylic acids is 1. The van der Waals surface area contributed by atoms with E-state index < -0.39 is 0 Å². The summed E-state index contributed by atoms with van der Waals surface area (Å²) in [6.45, 7) is 5.29. The second kappa shape index (κ2) is 9.39. The Morgan fingerprint density at radius 3 is 2.45 bits per heavy atom. The molecule has 152 valence electrons. The molecule has 0 bridgehead atoms. The number of rotatable bonds is 8. The summed E-state index contributed by atoms with van der Waals surface area (Å²) >= 11 is 0. The lowest BCUT2D eigenvalue weighted by Crippen LogP contribution is -2.27. The summed E-state index contributed by atoms with van der Waals surface area (Å²) in [5.41, 5.74) is 5.43. The van der Waals surface area contributed by atoms with E-state index in [9.17, 15) is 4.79 Å². The van der Waals surface area contributed by atoms with Crippen LogP contribution in [0.4, 0.5) is 0 Å². The first-order valence-electron chi connectivity index (χ1n) is 9.62. The van der Waals surface area contributed by atoms with E-state index in [2.05, 4.69) is 31.3 Å². The van der Waals surface area contributed by atoms with Crippen molar-refractivity contribution < 1.29 is 14.3 Å². The Bertz CT molecular complexity index is 978. The number of aryl methyl sites for hydroxylation is 2. The summed E-state index contributed by atoms with van der Waals surface area (Å²) in [7, 11) is 3.27. The normalized spacial score (nSPS) is 10.8. The van der Waals surface area contributed by atoms with Gasteiger partial charge in [0.1, 0.15) is 11.4 Å². The number of hydrogen-bond donors (Lipinski definition) is 1. The molecule has 0 unspecified atom stereocenters. The molecule has 6 nitrogen and oxygen atoms in total. The van der Waals surface area contributed by atoms with Crippen LogP contribution in [-0.4, -0.2) is 43.1 Å². The van der Waals surface area contributed by atoms with Crippen molar-refractivity contribution in [1.82, 2.24) is 15.1 Å². The number of carbonyl (C=O) groups is 1. The van der Waals surface area contributed by atoms with E-state index in [1.807, 2.05) is 36.4 Å². The molecule has 0 fully saturated rings. The summed E-state index contributed by atoms with van der Waals surface area (Å²) in [5, 5.41) is 7.68. The van der Waals surface area contributed by atoms with Gasteiger partial charge in [0, 0.05) is 25.8 Å². The molecule has 0 saturated carbocycles. The van der Waals surface area contributed by atoms with E-state index in [0.717, 1.165) is 29.1 Å². The van der Waals surface area contributed by atoms with Gasteiger partial charge in [-0.1, -0.05) is 12.1 Å². The highest BCUT2D eigenvalue weighted by atomic mass is 16.5. The highest BCUT2D eigenvalue weighted by Gasteiger charge is 2.18. The van der Waals surface area contributed by atoms with Crippen molar-refractivity contribution in [3.63, 3.8) is 0 Å². The van der Waals surface area contributed by atoms with Gasteiger partial charge >= 0.3 is 0 Å². The molecule has 0 atom stereocenters. The lowest BCUT2D eigenvalue weighted by molar-refractivity contribution is 0.0941. The van der Waals surface area contributed by atoms with Crippen molar-refractivity contribution in [3.05, 3.63) is 65.4 Å². The third-order valence-corrected chi connectivity index (χ3v) is 4.87. The maximum absolute atomic E-state index is 12.9. The molecule has 29 heavy (non-hydrogen) atoms. The second-order valence-corrected chi connectivity index (χ2v) is 6.93. The molecule has 3 aromatic rings. The van der Waals surface area contributed by atoms with Crippen LogP contribution in [0.2, 0.25) is 0 Å². The van der Waals surface area contributed by atoms with E-state index in [0.29, 0.717) is 18.8 Å². The minimum absolute atomic E-state index is 0.167. The zero-order chi connectivity index (χ0) is 20.8. The molecule has 0 aliphatic heterocycles. The quantitative estimate of drug-likeness (QED) is 0.589. The van der Waals surface area contributed by atoms with E-state index >= 15 is 0 Å². The smallest absolute Gasteiger partial charge is 0.270 e. The maximum Gasteiger partial charge on any atom is 0.270 e. The monoisotopic (exact) mass is 393 g/mol. The van der Waals surface area contributed by atoms with Crippen LogP contribution >= 0.6 is 0 Å². The third-order valence-electron chi connectivity index (χ3n) is 4.87. The highest BCUT2D eigenvalue weighted by Crippen LogP contribution is 2.25. The number of benzene rings is 2. The molecule has 0 radical (unpaired) electrons. The van der Waals surface area contributed by atoms with Gasteiger partial charge in [-0.05, 0) is 67.8 Å². The van der Waals surface area contributed by atoms with Crippen molar-refractivity contribution >= 4 is 5.91 Å². The van der Waals surface area contributed by atoms with E-state index in [-0.39, 0.29) is 5.91 Å². The van der Waals surface area contributed by atoms with Crippen LogP contribution in [-0.2, 0) is 4.74 Å². The average Bonchev–Trinajstić information content (AvgIpc) is 3.18. The van der Waals surface area contributed by atoms with Gasteiger partial charge < -0.3 is 14.8 Å². The fraction of sp³-hybridized carbons (Fsp3) is 0.304. The number of nitrogens with zero attached hydrogens (tertiary/aromatic N) is 2. The number of methoxy groups -OCH3 is 2. The van der Waals surface area contributed by atoms with Crippen LogP contribution in [0.5, 0.6) is 5.75 Å². The first kappa shape index (κ1) is 20.6. The number of aromatic nitrogens is 2. The largest absolute Gasteiger partial charge is 0.497 e. The third kappa shape index (κ3) is 4.84. The van der Waals surface area contributed by atoms with Gasteiger partial charge in [0.15, 0.2) is 0 Å². The molecule has 6 heteroatoms. The Kier molecular flexibility index (Phi) is 6.67. The van der Waals surface area contributed by atoms with Gasteiger partial charge in [-0.3, -0.25) is 4.79 Å². The Hall–Kier alpha value is -3.12. The number of hydrogen-bond acceptors (Lipinski definition) is 4. The van der Waals surface area contributed by atoms with Crippen molar-refractivity contribution in [2.24, 2.45) is 0 Å². The first-order valence-corrected chi connectivity index (χ1v) is 9.62. The molecule has 0 saturated heterocycles. The molecule has 1 N–H and O–H groups in total. The Morgan fingerprint density at radius 2 is 1.79 bits per heavy atom. The van der Waals surface area contributed by atoms with Crippen LogP contribution in [0.3, 0.4) is 0 Å². The maximum atomic E-state index is 12.9. The zero-order valence-corrected chi connectivity index (χ0v) is 17.4. The molecule has 1 amide bonds. The number of amides is 1. The summed E-state index contributed by atoms with van der Waals surface area (Å²) < 4.78 is 12.0. The highest BCUT2D eigenvalue weighted by molar-refractivity contribution is 5.94. The fourth-order valence-corrected chi connectivity index (χ4v) is 3.01. The summed E-state index contributed by atoms with van der Waals surface area (Å²) in [4.78, 5) is 12.9. The van der Waals surface area contributed by atoms with Crippen LogP contribution in [0.15, 0.2) is 48.5 Å². The molecule has 1 heterocycles. The van der Waals surface area contributed by atoms with E-state index in [1.165, 1.54) is 11.1 Å². The van der Waals surface area contributed by atoms with Crippen molar-refractivity contribution in [2.45, 2.75) is 20.3 Å². The molecular formula is C23H27N3O3. The predicted molar refractivity (Wildman–Crippen MR) is 114 cm³/mol. The standard InChI is InChI=1S/C23H27N3O3/c1-16-6-7-18(14-17(16)2)21-15-22(23(27)24-12-5-13-28-3)26(25-21)19-8-10-20(29-4)11-9-19/h6-11,14-15H,5,12-13H2,1-4H3,(H,24,27). The van der Waals surface area contributed by atoms with Crippen LogP contribution < -0.4 is 10.1 Å². The van der Waals surface area contributed by atoms with Crippen LogP contribution in [0.1, 0.15) is 28.0 Å². The van der Waals surface area contributed by atoms with Gasteiger partial charge in [0.2, 0.25) is 0 Å². The molecule has 3 rings (SSSR count). The van der Waals surface area contributed by atoms with E-state index in [1.54, 1.807) is 18.9 Å². The second-order valence-electron chi connectivity index (χ2n) is 6.93. The van der Waals surface area contributed by atoms with Crippen molar-refractivity contribution in [1.29, 1.82) is 0 Å². The minimum atomic E-state index is -0.167. The average molecular weight is 393 g/mol. The summed E-state index contributed by atoms with van der Waals surface area (Å²) in [6.07, 6.45) is 0.753. The Labute approximate surface area is 171 Å². The van der Waals surface area contributed by atoms with Gasteiger partial charge in [0.25, 0.3) is 5.91 Å². The number of nitrogens with one attached hydrogen (secondary N) is 1. The topological polar surface area (TPSA) is 65.4 Å². The van der Waals surface area contributed by atoms with Gasteiger partial charge in [-0.25, -0.2) is 4.68 Å². The molecular weight excluding hydrogens is 366 g/mol. The molecule has 0 aliphatic carbocycles. The lowest BCUT2D eigenvalue weighted by atomic mass is 10.0. The summed E-state index contributed by atoms with van der Waals surface area (Å²) in [5.74, 6) is 0.584. The lowest BCUT2D eigenvalue weighted by Gasteiger charge is -2.09. The molecule has 0 aliphatic rings. The zero-order valence-electron chi connectivity index (χ0n) is 17.4. The van der Waals surface area contributed by atoms with Crippen molar-refractivity contribution in [2.75, 3.05) is 27.4 Å². The van der Waals surface area contributed by atoms with Crippen molar-refractivity contribution in [3.8, 4) is 22.7 Å². The summed E-state index contributed by atoms with van der Waals surface area (Å²) in [6, 6.07) is 15.5.